The van der Waals surface area contributed by atoms with Gasteiger partial charge in [0, 0.05) is 36.6 Å². The Balaban J connectivity index is 1.64. The predicted octanol–water partition coefficient (Wildman–Crippen LogP) is 3.02. The number of methoxy groups -OCH3 is 2. The minimum absolute atomic E-state index is 0.217. The Bertz CT molecular complexity index is 763. The number of morpholine rings is 1. The van der Waals surface area contributed by atoms with Crippen LogP contribution in [-0.2, 0) is 11.3 Å². The van der Waals surface area contributed by atoms with E-state index in [9.17, 15) is 4.79 Å². The molecular weight excluding hydrogens is 366 g/mol. The highest BCUT2D eigenvalue weighted by atomic mass is 32.1. The van der Waals surface area contributed by atoms with Gasteiger partial charge in [0.1, 0.15) is 11.5 Å². The van der Waals surface area contributed by atoms with Crippen LogP contribution in [0.3, 0.4) is 0 Å². The fourth-order valence-corrected chi connectivity index (χ4v) is 3.88. The molecular formula is C19H25N3O4S. The first-order valence-electron chi connectivity index (χ1n) is 8.83. The topological polar surface area (TPSA) is 72.9 Å². The van der Waals surface area contributed by atoms with E-state index in [0.717, 1.165) is 25.3 Å². The second-order valence-electron chi connectivity index (χ2n) is 6.65. The molecule has 0 saturated carbocycles. The molecule has 1 aromatic carbocycles. The molecule has 0 aliphatic carbocycles. The second kappa shape index (κ2) is 8.69. The Hall–Kier alpha value is -2.16. The number of hydrogen-bond donors (Lipinski definition) is 1. The van der Waals surface area contributed by atoms with E-state index in [1.165, 1.54) is 11.3 Å². The van der Waals surface area contributed by atoms with Crippen molar-refractivity contribution in [2.75, 3.05) is 32.6 Å². The maximum absolute atomic E-state index is 12.6. The number of amides is 1. The summed E-state index contributed by atoms with van der Waals surface area (Å²) in [4.78, 5) is 19.4. The Kier molecular flexibility index (Phi) is 6.30. The van der Waals surface area contributed by atoms with Gasteiger partial charge in [-0.2, -0.15) is 0 Å². The molecule has 1 aliphatic rings. The summed E-state index contributed by atoms with van der Waals surface area (Å²) in [5.74, 6) is 0.881. The van der Waals surface area contributed by atoms with Gasteiger partial charge in [-0.25, -0.2) is 4.98 Å². The number of rotatable bonds is 6. The average molecular weight is 391 g/mol. The van der Waals surface area contributed by atoms with Gasteiger partial charge in [-0.1, -0.05) is 0 Å². The maximum Gasteiger partial charge on any atom is 0.257 e. The van der Waals surface area contributed by atoms with Crippen LogP contribution in [0.1, 0.15) is 29.9 Å². The third-order valence-electron chi connectivity index (χ3n) is 4.27. The predicted molar refractivity (Wildman–Crippen MR) is 105 cm³/mol. The van der Waals surface area contributed by atoms with Gasteiger partial charge in [-0.05, 0) is 26.0 Å². The molecule has 3 rings (SSSR count). The zero-order valence-electron chi connectivity index (χ0n) is 16.0. The lowest BCUT2D eigenvalue weighted by molar-refractivity contribution is -0.0707. The molecule has 2 heterocycles. The Morgan fingerprint density at radius 1 is 1.22 bits per heavy atom. The molecule has 7 nitrogen and oxygen atoms in total. The molecule has 8 heteroatoms. The minimum atomic E-state index is -0.248. The van der Waals surface area contributed by atoms with Gasteiger partial charge >= 0.3 is 0 Å². The maximum atomic E-state index is 12.6. The molecule has 1 aromatic heterocycles. The Morgan fingerprint density at radius 3 is 2.44 bits per heavy atom. The normalized spacial score (nSPS) is 20.3. The third kappa shape index (κ3) is 5.18. The van der Waals surface area contributed by atoms with Crippen molar-refractivity contribution in [2.24, 2.45) is 0 Å². The smallest absolute Gasteiger partial charge is 0.257 e. The second-order valence-corrected chi connectivity index (χ2v) is 7.51. The van der Waals surface area contributed by atoms with Crippen molar-refractivity contribution < 1.29 is 19.0 Å². The van der Waals surface area contributed by atoms with Crippen LogP contribution in [0.15, 0.2) is 23.6 Å². The Morgan fingerprint density at radius 2 is 1.85 bits per heavy atom. The zero-order valence-corrected chi connectivity index (χ0v) is 16.8. The van der Waals surface area contributed by atoms with E-state index in [2.05, 4.69) is 29.0 Å². The van der Waals surface area contributed by atoms with E-state index in [1.807, 2.05) is 5.38 Å². The minimum Gasteiger partial charge on any atom is -0.497 e. The number of ether oxygens (including phenoxy) is 3. The standard InChI is InChI=1S/C19H25N3O4S/c1-12-8-22(9-13(2)26-12)10-15-11-27-19(20-15)21-18(23)14-5-16(24-3)7-17(6-14)25-4/h5-7,11-13H,8-10H2,1-4H3,(H,20,21,23)/t12-,13-/m0/s1. The van der Waals surface area contributed by atoms with Crippen LogP contribution in [0.4, 0.5) is 5.13 Å². The number of benzene rings is 1. The van der Waals surface area contributed by atoms with E-state index < -0.39 is 0 Å². The largest absolute Gasteiger partial charge is 0.497 e. The van der Waals surface area contributed by atoms with Crippen molar-refractivity contribution in [3.8, 4) is 11.5 Å². The molecule has 0 bridgehead atoms. The zero-order chi connectivity index (χ0) is 19.4. The lowest BCUT2D eigenvalue weighted by atomic mass is 10.2. The SMILES string of the molecule is COc1cc(OC)cc(C(=O)Nc2nc(CN3C[C@H](C)O[C@@H](C)C3)cs2)c1. The van der Waals surface area contributed by atoms with Crippen LogP contribution < -0.4 is 14.8 Å². The highest BCUT2D eigenvalue weighted by molar-refractivity contribution is 7.13. The molecule has 2 atom stereocenters. The molecule has 0 radical (unpaired) electrons. The quantitative estimate of drug-likeness (QED) is 0.816. The summed E-state index contributed by atoms with van der Waals surface area (Å²) in [7, 11) is 3.10. The van der Waals surface area contributed by atoms with Crippen molar-refractivity contribution >= 4 is 22.4 Å². The van der Waals surface area contributed by atoms with Crippen molar-refractivity contribution in [1.82, 2.24) is 9.88 Å². The molecule has 0 unspecified atom stereocenters. The van der Waals surface area contributed by atoms with E-state index in [1.54, 1.807) is 32.4 Å². The van der Waals surface area contributed by atoms with Crippen LogP contribution in [0, 0.1) is 0 Å². The number of nitrogens with zero attached hydrogens (tertiary/aromatic N) is 2. The summed E-state index contributed by atoms with van der Waals surface area (Å²) in [5.41, 5.74) is 1.40. The number of carbonyl (C=O) groups is 1. The van der Waals surface area contributed by atoms with Crippen molar-refractivity contribution in [3.05, 3.63) is 34.8 Å². The molecule has 2 aromatic rings. The molecule has 0 spiro atoms. The molecule has 1 amide bonds. The fraction of sp³-hybridized carbons (Fsp3) is 0.474. The highest BCUT2D eigenvalue weighted by Crippen LogP contribution is 2.24. The Labute approximate surface area is 163 Å². The fourth-order valence-electron chi connectivity index (χ4n) is 3.19. The molecule has 1 aliphatic heterocycles. The first-order chi connectivity index (χ1) is 13.0. The summed E-state index contributed by atoms with van der Waals surface area (Å²) in [6.45, 7) is 6.67. The summed E-state index contributed by atoms with van der Waals surface area (Å²) in [6.07, 6.45) is 0.434. The molecule has 27 heavy (non-hydrogen) atoms. The number of aromatic nitrogens is 1. The van der Waals surface area contributed by atoms with Crippen molar-refractivity contribution in [3.63, 3.8) is 0 Å². The lowest BCUT2D eigenvalue weighted by Gasteiger charge is -2.34. The summed E-state index contributed by atoms with van der Waals surface area (Å²) in [5, 5.41) is 5.40. The van der Waals surface area contributed by atoms with Gasteiger partial charge in [0.05, 0.1) is 32.1 Å². The molecule has 146 valence electrons. The van der Waals surface area contributed by atoms with Gasteiger partial charge in [-0.15, -0.1) is 11.3 Å². The number of anilines is 1. The number of hydrogen-bond acceptors (Lipinski definition) is 7. The van der Waals surface area contributed by atoms with Crippen LogP contribution >= 0.6 is 11.3 Å². The summed E-state index contributed by atoms with van der Waals surface area (Å²) >= 11 is 1.42. The van der Waals surface area contributed by atoms with E-state index in [-0.39, 0.29) is 18.1 Å². The molecule has 1 fully saturated rings. The first-order valence-corrected chi connectivity index (χ1v) is 9.71. The van der Waals surface area contributed by atoms with Crippen LogP contribution in [0.25, 0.3) is 0 Å². The van der Waals surface area contributed by atoms with Crippen LogP contribution in [-0.4, -0.2) is 55.3 Å². The van der Waals surface area contributed by atoms with Gasteiger partial charge in [0.2, 0.25) is 0 Å². The number of thiazole rings is 1. The average Bonchev–Trinajstić information content (AvgIpc) is 3.07. The van der Waals surface area contributed by atoms with E-state index in [4.69, 9.17) is 14.2 Å². The van der Waals surface area contributed by atoms with Gasteiger partial charge in [-0.3, -0.25) is 15.0 Å². The molecule has 1 N–H and O–H groups in total. The van der Waals surface area contributed by atoms with Crippen LogP contribution in [0.2, 0.25) is 0 Å². The monoisotopic (exact) mass is 391 g/mol. The first kappa shape index (κ1) is 19.6. The summed E-state index contributed by atoms with van der Waals surface area (Å²) in [6, 6.07) is 5.06. The number of nitrogens with one attached hydrogen (secondary N) is 1. The third-order valence-corrected chi connectivity index (χ3v) is 5.07. The van der Waals surface area contributed by atoms with E-state index in [0.29, 0.717) is 22.2 Å². The highest BCUT2D eigenvalue weighted by Gasteiger charge is 2.23. The van der Waals surface area contributed by atoms with Gasteiger partial charge in [0.25, 0.3) is 5.91 Å². The number of carbonyl (C=O) groups excluding carboxylic acids is 1. The van der Waals surface area contributed by atoms with Crippen molar-refractivity contribution in [1.29, 1.82) is 0 Å². The van der Waals surface area contributed by atoms with Crippen LogP contribution in [0.5, 0.6) is 11.5 Å². The molecule has 1 saturated heterocycles. The van der Waals surface area contributed by atoms with Gasteiger partial charge in [0.15, 0.2) is 5.13 Å². The van der Waals surface area contributed by atoms with Gasteiger partial charge < -0.3 is 14.2 Å². The van der Waals surface area contributed by atoms with Crippen molar-refractivity contribution in [2.45, 2.75) is 32.6 Å². The lowest BCUT2D eigenvalue weighted by Crippen LogP contribution is -2.44. The van der Waals surface area contributed by atoms with E-state index >= 15 is 0 Å². The summed E-state index contributed by atoms with van der Waals surface area (Å²) < 4.78 is 16.2.